The van der Waals surface area contributed by atoms with Crippen LogP contribution in [0.4, 0.5) is 5.13 Å². The van der Waals surface area contributed by atoms with Gasteiger partial charge in [0, 0.05) is 6.54 Å². The summed E-state index contributed by atoms with van der Waals surface area (Å²) in [6.45, 7) is 1.39. The minimum Gasteiger partial charge on any atom is -0.484 e. The maximum absolute atomic E-state index is 13.1. The molecule has 0 spiro atoms. The molecule has 1 heterocycles. The molecule has 160 valence electrons. The van der Waals surface area contributed by atoms with Crippen LogP contribution in [-0.4, -0.2) is 49.6 Å². The Labute approximate surface area is 190 Å². The number of nitrogens with zero attached hydrogens (tertiary/aromatic N) is 3. The van der Waals surface area contributed by atoms with Gasteiger partial charge in [0.25, 0.3) is 5.91 Å². The van der Waals surface area contributed by atoms with E-state index in [4.69, 9.17) is 16.3 Å². The molecule has 7 heteroatoms. The molecule has 0 unspecified atom stereocenters. The van der Waals surface area contributed by atoms with Crippen molar-refractivity contribution in [3.8, 4) is 5.75 Å². The highest BCUT2D eigenvalue weighted by Crippen LogP contribution is 2.33. The van der Waals surface area contributed by atoms with Crippen LogP contribution >= 0.6 is 22.9 Å². The summed E-state index contributed by atoms with van der Waals surface area (Å²) in [5.74, 6) is 0.551. The zero-order chi connectivity index (χ0) is 21.8. The highest BCUT2D eigenvalue weighted by atomic mass is 35.5. The smallest absolute Gasteiger partial charge is 0.266 e. The number of ether oxygens (including phenoxy) is 1. The number of hydrogen-bond donors (Lipinski definition) is 0. The van der Waals surface area contributed by atoms with Crippen LogP contribution in [0, 0.1) is 0 Å². The van der Waals surface area contributed by atoms with Crippen molar-refractivity contribution in [3.63, 3.8) is 0 Å². The van der Waals surface area contributed by atoms with Crippen LogP contribution in [0.2, 0.25) is 5.02 Å². The van der Waals surface area contributed by atoms with Gasteiger partial charge in [-0.1, -0.05) is 59.3 Å². The van der Waals surface area contributed by atoms with Gasteiger partial charge >= 0.3 is 0 Å². The molecular weight excluding hydrogens is 430 g/mol. The second kappa shape index (κ2) is 9.64. The number of carbonyl (C=O) groups is 1. The molecule has 4 aromatic rings. The normalized spacial score (nSPS) is 11.4. The summed E-state index contributed by atoms with van der Waals surface area (Å²) in [5, 5.41) is 3.45. The van der Waals surface area contributed by atoms with E-state index in [1.54, 1.807) is 4.90 Å². The van der Waals surface area contributed by atoms with Crippen molar-refractivity contribution in [2.24, 2.45) is 0 Å². The minimum atomic E-state index is -0.123. The Hall–Kier alpha value is -2.67. The lowest BCUT2D eigenvalue weighted by atomic mass is 10.1. The number of benzene rings is 3. The van der Waals surface area contributed by atoms with E-state index in [0.717, 1.165) is 34.0 Å². The molecule has 31 heavy (non-hydrogen) atoms. The van der Waals surface area contributed by atoms with Crippen LogP contribution in [0.1, 0.15) is 6.42 Å². The molecule has 0 aliphatic carbocycles. The van der Waals surface area contributed by atoms with Gasteiger partial charge in [-0.3, -0.25) is 9.69 Å². The van der Waals surface area contributed by atoms with Crippen LogP contribution in [0.25, 0.3) is 21.0 Å². The van der Waals surface area contributed by atoms with E-state index in [1.807, 2.05) is 68.7 Å². The predicted molar refractivity (Wildman–Crippen MR) is 130 cm³/mol. The third-order valence-electron chi connectivity index (χ3n) is 4.96. The molecule has 0 fully saturated rings. The van der Waals surface area contributed by atoms with E-state index in [2.05, 4.69) is 16.0 Å². The number of amides is 1. The van der Waals surface area contributed by atoms with Crippen molar-refractivity contribution in [1.82, 2.24) is 9.88 Å². The Morgan fingerprint density at radius 3 is 2.61 bits per heavy atom. The van der Waals surface area contributed by atoms with Crippen LogP contribution in [-0.2, 0) is 4.79 Å². The summed E-state index contributed by atoms with van der Waals surface area (Å²) < 4.78 is 6.81. The second-order valence-electron chi connectivity index (χ2n) is 7.58. The molecule has 0 radical (unpaired) electrons. The van der Waals surface area contributed by atoms with Crippen molar-refractivity contribution < 1.29 is 9.53 Å². The number of fused-ring (bicyclic) bond motifs is 2. The SMILES string of the molecule is CN(C)CCCN(C(=O)COc1ccc2ccccc2c1)c1nc2c(Cl)cccc2s1. The van der Waals surface area contributed by atoms with E-state index < -0.39 is 0 Å². The quantitative estimate of drug-likeness (QED) is 0.355. The number of hydrogen-bond acceptors (Lipinski definition) is 5. The lowest BCUT2D eigenvalue weighted by Crippen LogP contribution is -2.36. The molecule has 0 saturated heterocycles. The van der Waals surface area contributed by atoms with E-state index in [-0.39, 0.29) is 12.5 Å². The summed E-state index contributed by atoms with van der Waals surface area (Å²) >= 11 is 7.77. The fraction of sp³-hybridized carbons (Fsp3) is 0.250. The number of anilines is 1. The largest absolute Gasteiger partial charge is 0.484 e. The number of rotatable bonds is 8. The maximum Gasteiger partial charge on any atom is 0.266 e. The van der Waals surface area contributed by atoms with Crippen molar-refractivity contribution in [1.29, 1.82) is 0 Å². The van der Waals surface area contributed by atoms with E-state index >= 15 is 0 Å². The summed E-state index contributed by atoms with van der Waals surface area (Å²) in [5.41, 5.74) is 0.727. The molecule has 0 aliphatic rings. The van der Waals surface area contributed by atoms with Crippen LogP contribution in [0.3, 0.4) is 0 Å². The first-order chi connectivity index (χ1) is 15.0. The average molecular weight is 454 g/mol. The van der Waals surface area contributed by atoms with Gasteiger partial charge in [0.15, 0.2) is 11.7 Å². The Morgan fingerprint density at radius 2 is 1.84 bits per heavy atom. The zero-order valence-corrected chi connectivity index (χ0v) is 19.1. The molecule has 1 amide bonds. The molecule has 3 aromatic carbocycles. The third kappa shape index (κ3) is 5.15. The molecule has 0 saturated carbocycles. The highest BCUT2D eigenvalue weighted by molar-refractivity contribution is 7.22. The summed E-state index contributed by atoms with van der Waals surface area (Å²) in [7, 11) is 4.04. The van der Waals surface area contributed by atoms with Crippen molar-refractivity contribution in [2.45, 2.75) is 6.42 Å². The zero-order valence-electron chi connectivity index (χ0n) is 17.5. The fourth-order valence-corrected chi connectivity index (χ4v) is 4.68. The molecule has 5 nitrogen and oxygen atoms in total. The Bertz CT molecular complexity index is 1210. The van der Waals surface area contributed by atoms with Crippen LogP contribution in [0.15, 0.2) is 60.7 Å². The summed E-state index contributed by atoms with van der Waals surface area (Å²) in [6, 6.07) is 19.6. The summed E-state index contributed by atoms with van der Waals surface area (Å²) in [6.07, 6.45) is 0.832. The standard InChI is InChI=1S/C24H24ClN3O2S/c1-27(2)13-6-14-28(24-26-23-20(25)9-5-10-21(23)31-24)22(29)16-30-19-12-11-17-7-3-4-8-18(17)15-19/h3-5,7-12,15H,6,13-14,16H2,1-2H3. The number of halogens is 1. The highest BCUT2D eigenvalue weighted by Gasteiger charge is 2.21. The molecule has 0 N–H and O–H groups in total. The third-order valence-corrected chi connectivity index (χ3v) is 6.31. The topological polar surface area (TPSA) is 45.7 Å². The number of thiazole rings is 1. The van der Waals surface area contributed by atoms with Gasteiger partial charge in [-0.05, 0) is 62.1 Å². The monoisotopic (exact) mass is 453 g/mol. The Morgan fingerprint density at radius 1 is 1.03 bits per heavy atom. The van der Waals surface area contributed by atoms with Gasteiger partial charge < -0.3 is 9.64 Å². The average Bonchev–Trinajstić information content (AvgIpc) is 3.20. The number of carbonyl (C=O) groups excluding carboxylic acids is 1. The Balaban J connectivity index is 1.52. The fourth-order valence-electron chi connectivity index (χ4n) is 3.37. The molecule has 4 rings (SSSR count). The first kappa shape index (κ1) is 21.6. The molecule has 1 aromatic heterocycles. The lowest BCUT2D eigenvalue weighted by molar-refractivity contribution is -0.120. The first-order valence-corrected chi connectivity index (χ1v) is 11.3. The van der Waals surface area contributed by atoms with Gasteiger partial charge in [0.05, 0.1) is 9.72 Å². The van der Waals surface area contributed by atoms with Gasteiger partial charge in [-0.2, -0.15) is 0 Å². The lowest BCUT2D eigenvalue weighted by Gasteiger charge is -2.21. The van der Waals surface area contributed by atoms with E-state index in [0.29, 0.717) is 22.4 Å². The van der Waals surface area contributed by atoms with Crippen molar-refractivity contribution in [3.05, 3.63) is 65.7 Å². The van der Waals surface area contributed by atoms with Gasteiger partial charge in [0.2, 0.25) is 0 Å². The van der Waals surface area contributed by atoms with Gasteiger partial charge in [-0.15, -0.1) is 0 Å². The molecule has 0 aliphatic heterocycles. The van der Waals surface area contributed by atoms with Gasteiger partial charge in [-0.25, -0.2) is 4.98 Å². The summed E-state index contributed by atoms with van der Waals surface area (Å²) in [4.78, 5) is 21.6. The van der Waals surface area contributed by atoms with Gasteiger partial charge in [0.1, 0.15) is 11.3 Å². The van der Waals surface area contributed by atoms with Crippen molar-refractivity contribution >= 4 is 55.0 Å². The Kier molecular flexibility index (Phi) is 6.70. The number of aromatic nitrogens is 1. The van der Waals surface area contributed by atoms with Crippen LogP contribution in [0.5, 0.6) is 5.75 Å². The van der Waals surface area contributed by atoms with Crippen molar-refractivity contribution in [2.75, 3.05) is 38.7 Å². The predicted octanol–water partition coefficient (Wildman–Crippen LogP) is 5.47. The molecular formula is C24H24ClN3O2S. The van der Waals surface area contributed by atoms with Crippen LogP contribution < -0.4 is 9.64 Å². The number of para-hydroxylation sites is 1. The van der Waals surface area contributed by atoms with E-state index in [1.165, 1.54) is 11.3 Å². The molecule has 0 atom stereocenters. The van der Waals surface area contributed by atoms with E-state index in [9.17, 15) is 4.79 Å². The first-order valence-electron chi connectivity index (χ1n) is 10.1. The molecule has 0 bridgehead atoms. The minimum absolute atomic E-state index is 0.0516. The second-order valence-corrected chi connectivity index (χ2v) is 9.00. The maximum atomic E-state index is 13.1.